The first-order chi connectivity index (χ1) is 7.43. The maximum atomic E-state index is 11.3. The molecule has 0 saturated heterocycles. The summed E-state index contributed by atoms with van der Waals surface area (Å²) in [6.07, 6.45) is 1.50. The Morgan fingerprint density at radius 3 is 2.75 bits per heavy atom. The molecule has 2 aromatic rings. The van der Waals surface area contributed by atoms with Crippen LogP contribution in [0.1, 0.15) is 5.69 Å². The highest BCUT2D eigenvalue weighted by molar-refractivity contribution is 9.10. The van der Waals surface area contributed by atoms with Gasteiger partial charge in [0.1, 0.15) is 4.60 Å². The summed E-state index contributed by atoms with van der Waals surface area (Å²) in [5, 5.41) is 8.93. The monoisotopic (exact) mass is 302 g/mol. The van der Waals surface area contributed by atoms with Gasteiger partial charge >= 0.3 is 0 Å². The first-order valence-electron chi connectivity index (χ1n) is 4.14. The van der Waals surface area contributed by atoms with Gasteiger partial charge in [-0.25, -0.2) is 18.5 Å². The minimum Gasteiger partial charge on any atom is -0.223 e. The number of nitrogens with two attached hydrogens (primary N) is 1. The Bertz CT molecular complexity index is 677. The fourth-order valence-corrected chi connectivity index (χ4v) is 2.93. The van der Waals surface area contributed by atoms with E-state index in [1.165, 1.54) is 6.08 Å². The molecular formula is C8H7BrN4O2S. The fraction of sp³-hybridized carbons (Fsp3) is 0. The zero-order chi connectivity index (χ0) is 11.9. The normalized spacial score (nSPS) is 11.9. The zero-order valence-corrected chi connectivity index (χ0v) is 10.4. The van der Waals surface area contributed by atoms with Crippen molar-refractivity contribution in [2.45, 2.75) is 5.03 Å². The summed E-state index contributed by atoms with van der Waals surface area (Å²) in [5.74, 6) is 0. The number of hydrogen-bond donors (Lipinski definition) is 1. The van der Waals surface area contributed by atoms with Crippen LogP contribution in [0.4, 0.5) is 0 Å². The van der Waals surface area contributed by atoms with E-state index in [1.54, 1.807) is 12.1 Å². The molecule has 0 amide bonds. The smallest absolute Gasteiger partial charge is 0.223 e. The largest absolute Gasteiger partial charge is 0.258 e. The first kappa shape index (κ1) is 11.2. The molecule has 0 bridgehead atoms. The second-order valence-electron chi connectivity index (χ2n) is 2.99. The molecule has 0 aliphatic carbocycles. The van der Waals surface area contributed by atoms with Crippen molar-refractivity contribution in [2.24, 2.45) is 5.14 Å². The number of halogens is 1. The van der Waals surface area contributed by atoms with Gasteiger partial charge in [-0.2, -0.15) is 9.61 Å². The molecule has 0 aliphatic rings. The maximum absolute atomic E-state index is 11.3. The van der Waals surface area contributed by atoms with Crippen molar-refractivity contribution in [1.82, 2.24) is 14.6 Å². The fourth-order valence-electron chi connectivity index (χ4n) is 1.25. The highest BCUT2D eigenvalue weighted by atomic mass is 79.9. The van der Waals surface area contributed by atoms with E-state index in [1.807, 2.05) is 0 Å². The van der Waals surface area contributed by atoms with Crippen molar-refractivity contribution in [2.75, 3.05) is 0 Å². The van der Waals surface area contributed by atoms with E-state index in [4.69, 9.17) is 5.14 Å². The summed E-state index contributed by atoms with van der Waals surface area (Å²) in [6.45, 7) is 3.55. The molecule has 0 unspecified atom stereocenters. The molecule has 8 heteroatoms. The third-order valence-corrected chi connectivity index (χ3v) is 3.62. The molecule has 0 spiro atoms. The predicted octanol–water partition coefficient (Wildman–Crippen LogP) is 0.782. The minimum absolute atomic E-state index is 0.142. The lowest BCUT2D eigenvalue weighted by molar-refractivity contribution is 0.589. The van der Waals surface area contributed by atoms with Crippen LogP contribution in [0.5, 0.6) is 0 Å². The second-order valence-corrected chi connectivity index (χ2v) is 5.21. The number of rotatable bonds is 2. The van der Waals surface area contributed by atoms with Crippen LogP contribution in [0.25, 0.3) is 11.7 Å². The Morgan fingerprint density at radius 2 is 2.19 bits per heavy atom. The Kier molecular flexibility index (Phi) is 2.56. The molecule has 2 aromatic heterocycles. The van der Waals surface area contributed by atoms with E-state index >= 15 is 0 Å². The van der Waals surface area contributed by atoms with Gasteiger partial charge in [-0.1, -0.05) is 6.58 Å². The van der Waals surface area contributed by atoms with Crippen LogP contribution in [0.15, 0.2) is 28.3 Å². The molecular weight excluding hydrogens is 296 g/mol. The van der Waals surface area contributed by atoms with Gasteiger partial charge in [0.15, 0.2) is 5.65 Å². The van der Waals surface area contributed by atoms with Crippen molar-refractivity contribution in [3.05, 3.63) is 29.0 Å². The Labute approximate surface area is 100.0 Å². The van der Waals surface area contributed by atoms with Gasteiger partial charge in [0.05, 0.1) is 5.69 Å². The van der Waals surface area contributed by atoms with Crippen molar-refractivity contribution in [3.63, 3.8) is 0 Å². The first-order valence-corrected chi connectivity index (χ1v) is 6.48. The minimum atomic E-state index is -3.88. The van der Waals surface area contributed by atoms with Crippen molar-refractivity contribution in [1.29, 1.82) is 0 Å². The summed E-state index contributed by atoms with van der Waals surface area (Å²) in [6, 6.07) is 3.30. The lowest BCUT2D eigenvalue weighted by Gasteiger charge is -1.99. The predicted molar refractivity (Wildman–Crippen MR) is 62.2 cm³/mol. The van der Waals surface area contributed by atoms with Crippen LogP contribution in [0, 0.1) is 0 Å². The van der Waals surface area contributed by atoms with Gasteiger partial charge < -0.3 is 0 Å². The van der Waals surface area contributed by atoms with E-state index in [-0.39, 0.29) is 9.63 Å². The van der Waals surface area contributed by atoms with Crippen molar-refractivity contribution >= 4 is 37.7 Å². The Morgan fingerprint density at radius 1 is 1.50 bits per heavy atom. The number of nitrogens with zero attached hydrogens (tertiary/aromatic N) is 3. The standard InChI is InChI=1S/C8H7BrN4O2S/c1-2-5-3-4-6-11-7(9)8(13(6)12-5)16(10,14)15/h2-4H,1H2,(H2,10,14,15). The summed E-state index contributed by atoms with van der Waals surface area (Å²) in [7, 11) is -3.88. The molecule has 0 aliphatic heterocycles. The molecule has 0 aromatic carbocycles. The second kappa shape index (κ2) is 3.65. The molecule has 2 heterocycles. The number of imidazole rings is 1. The average Bonchev–Trinajstić information content (AvgIpc) is 2.51. The van der Waals surface area contributed by atoms with Crippen LogP contribution >= 0.6 is 15.9 Å². The highest BCUT2D eigenvalue weighted by Gasteiger charge is 2.21. The molecule has 2 N–H and O–H groups in total. The summed E-state index contributed by atoms with van der Waals surface area (Å²) >= 11 is 3.03. The zero-order valence-electron chi connectivity index (χ0n) is 7.96. The van der Waals surface area contributed by atoms with Gasteiger partial charge in [-0.3, -0.25) is 0 Å². The SMILES string of the molecule is C=Cc1ccc2nc(Br)c(S(N)(=O)=O)n2n1. The topological polar surface area (TPSA) is 90.3 Å². The lowest BCUT2D eigenvalue weighted by Crippen LogP contribution is -2.16. The molecule has 16 heavy (non-hydrogen) atoms. The van der Waals surface area contributed by atoms with E-state index in [0.29, 0.717) is 11.3 Å². The number of fused-ring (bicyclic) bond motifs is 1. The third-order valence-electron chi connectivity index (χ3n) is 1.90. The van der Waals surface area contributed by atoms with E-state index in [9.17, 15) is 8.42 Å². The molecule has 84 valence electrons. The molecule has 2 rings (SSSR count). The van der Waals surface area contributed by atoms with Gasteiger partial charge in [0.2, 0.25) is 5.03 Å². The highest BCUT2D eigenvalue weighted by Crippen LogP contribution is 2.21. The molecule has 6 nitrogen and oxygen atoms in total. The van der Waals surface area contributed by atoms with Crippen molar-refractivity contribution in [3.8, 4) is 0 Å². The van der Waals surface area contributed by atoms with E-state index in [2.05, 4.69) is 32.6 Å². The summed E-state index contributed by atoms with van der Waals surface area (Å²) in [5.41, 5.74) is 0.920. The number of hydrogen-bond acceptors (Lipinski definition) is 4. The number of sulfonamides is 1. The van der Waals surface area contributed by atoms with E-state index < -0.39 is 10.0 Å². The van der Waals surface area contributed by atoms with Gasteiger partial charge in [0.25, 0.3) is 10.0 Å². The number of primary sulfonamides is 1. The van der Waals surface area contributed by atoms with Crippen LogP contribution in [-0.4, -0.2) is 23.0 Å². The molecule has 0 atom stereocenters. The maximum Gasteiger partial charge on any atom is 0.258 e. The molecule has 0 saturated carbocycles. The quantitative estimate of drug-likeness (QED) is 0.887. The lowest BCUT2D eigenvalue weighted by atomic mass is 10.4. The Balaban J connectivity index is 2.92. The van der Waals surface area contributed by atoms with Crippen LogP contribution in [0.3, 0.4) is 0 Å². The molecule has 0 fully saturated rings. The number of aromatic nitrogens is 3. The van der Waals surface area contributed by atoms with Crippen LogP contribution < -0.4 is 5.14 Å². The summed E-state index contributed by atoms with van der Waals surface area (Å²) < 4.78 is 24.0. The van der Waals surface area contributed by atoms with Gasteiger partial charge in [0, 0.05) is 0 Å². The van der Waals surface area contributed by atoms with E-state index in [0.717, 1.165) is 4.52 Å². The van der Waals surface area contributed by atoms with Crippen LogP contribution in [0.2, 0.25) is 0 Å². The average molecular weight is 303 g/mol. The third kappa shape index (κ3) is 1.75. The van der Waals surface area contributed by atoms with Gasteiger partial charge in [-0.15, -0.1) is 0 Å². The van der Waals surface area contributed by atoms with Gasteiger partial charge in [-0.05, 0) is 34.1 Å². The van der Waals surface area contributed by atoms with Crippen molar-refractivity contribution < 1.29 is 8.42 Å². The van der Waals surface area contributed by atoms with Crippen LogP contribution in [-0.2, 0) is 10.0 Å². The molecule has 0 radical (unpaired) electrons. The Hall–Kier alpha value is -1.25. The summed E-state index contributed by atoms with van der Waals surface area (Å²) in [4.78, 5) is 3.98.